The van der Waals surface area contributed by atoms with Crippen LogP contribution in [0.4, 0.5) is 14.9 Å². The number of aryl methyl sites for hydroxylation is 2. The van der Waals surface area contributed by atoms with E-state index in [0.717, 1.165) is 12.1 Å². The Bertz CT molecular complexity index is 746. The summed E-state index contributed by atoms with van der Waals surface area (Å²) in [6, 6.07) is 4.54. The zero-order valence-corrected chi connectivity index (χ0v) is 14.5. The Balaban J connectivity index is 1.64. The van der Waals surface area contributed by atoms with Crippen LogP contribution in [-0.2, 0) is 17.7 Å². The molecule has 2 amide bonds. The Morgan fingerprint density at radius 1 is 1.44 bits per heavy atom. The lowest BCUT2D eigenvalue weighted by Gasteiger charge is -2.32. The molecule has 6 nitrogen and oxygen atoms in total. The quantitative estimate of drug-likeness (QED) is 0.925. The average Bonchev–Trinajstić information content (AvgIpc) is 3.11. The van der Waals surface area contributed by atoms with Crippen molar-refractivity contribution in [3.8, 4) is 0 Å². The maximum atomic E-state index is 13.9. The summed E-state index contributed by atoms with van der Waals surface area (Å²) in [7, 11) is 0. The topological polar surface area (TPSA) is 59.4 Å². The summed E-state index contributed by atoms with van der Waals surface area (Å²) >= 11 is 0. The summed E-state index contributed by atoms with van der Waals surface area (Å²) in [5.41, 5.74) is 2.05. The number of ether oxygens (including phenoxy) is 1. The fourth-order valence-electron chi connectivity index (χ4n) is 2.87. The smallest absolute Gasteiger partial charge is 0.322 e. The highest BCUT2D eigenvalue weighted by atomic mass is 19.1. The standard InChI is InChI=1S/C18H23FN4O2/c1-3-13-5-6-15(9-16(13)19)21-18(24)22-7-8-25-17(12-22)14-10-20-23(4-2)11-14/h5-6,9-11,17H,3-4,7-8,12H2,1-2H3,(H,21,24)/t17-/m0/s1. The van der Waals surface area contributed by atoms with Crippen LogP contribution in [0, 0.1) is 5.82 Å². The van der Waals surface area contributed by atoms with Crippen LogP contribution in [0.5, 0.6) is 0 Å². The predicted molar refractivity (Wildman–Crippen MR) is 93.0 cm³/mol. The first kappa shape index (κ1) is 17.4. The van der Waals surface area contributed by atoms with Crippen LogP contribution >= 0.6 is 0 Å². The number of halogens is 1. The molecule has 1 aliphatic heterocycles. The lowest BCUT2D eigenvalue weighted by molar-refractivity contribution is -0.0135. The van der Waals surface area contributed by atoms with E-state index in [4.69, 9.17) is 4.74 Å². The van der Waals surface area contributed by atoms with E-state index >= 15 is 0 Å². The number of hydrogen-bond donors (Lipinski definition) is 1. The lowest BCUT2D eigenvalue weighted by atomic mass is 10.1. The summed E-state index contributed by atoms with van der Waals surface area (Å²) in [6.07, 6.45) is 4.13. The molecule has 1 saturated heterocycles. The van der Waals surface area contributed by atoms with Crippen LogP contribution in [0.3, 0.4) is 0 Å². The van der Waals surface area contributed by atoms with Gasteiger partial charge in [0.25, 0.3) is 0 Å². The van der Waals surface area contributed by atoms with Crippen molar-refractivity contribution < 1.29 is 13.9 Å². The summed E-state index contributed by atoms with van der Waals surface area (Å²) < 4.78 is 21.5. The summed E-state index contributed by atoms with van der Waals surface area (Å²) in [4.78, 5) is 14.2. The number of nitrogens with zero attached hydrogens (tertiary/aromatic N) is 3. The number of aromatic nitrogens is 2. The van der Waals surface area contributed by atoms with E-state index in [0.29, 0.717) is 37.4 Å². The minimum absolute atomic E-state index is 0.195. The molecule has 25 heavy (non-hydrogen) atoms. The average molecular weight is 346 g/mol. The molecule has 7 heteroatoms. The molecule has 0 bridgehead atoms. The first-order valence-corrected chi connectivity index (χ1v) is 8.59. The molecule has 2 heterocycles. The van der Waals surface area contributed by atoms with Gasteiger partial charge in [0.2, 0.25) is 0 Å². The van der Waals surface area contributed by atoms with Crippen molar-refractivity contribution in [2.45, 2.75) is 32.9 Å². The second-order valence-electron chi connectivity index (χ2n) is 6.02. The van der Waals surface area contributed by atoms with Gasteiger partial charge in [-0.2, -0.15) is 5.10 Å². The molecule has 1 N–H and O–H groups in total. The SMILES string of the molecule is CCc1ccc(NC(=O)N2CCO[C@H](c3cnn(CC)c3)C2)cc1F. The Labute approximate surface area is 146 Å². The summed E-state index contributed by atoms with van der Waals surface area (Å²) in [5.74, 6) is -0.299. The minimum atomic E-state index is -0.299. The van der Waals surface area contributed by atoms with E-state index in [2.05, 4.69) is 10.4 Å². The van der Waals surface area contributed by atoms with E-state index in [-0.39, 0.29) is 18.0 Å². The van der Waals surface area contributed by atoms with Crippen molar-refractivity contribution in [1.82, 2.24) is 14.7 Å². The van der Waals surface area contributed by atoms with Gasteiger partial charge in [-0.1, -0.05) is 13.0 Å². The maximum Gasteiger partial charge on any atom is 0.322 e. The van der Waals surface area contributed by atoms with Gasteiger partial charge < -0.3 is 15.0 Å². The lowest BCUT2D eigenvalue weighted by Crippen LogP contribution is -2.44. The molecule has 1 atom stereocenters. The predicted octanol–water partition coefficient (Wildman–Crippen LogP) is 3.21. The minimum Gasteiger partial charge on any atom is -0.370 e. The highest BCUT2D eigenvalue weighted by molar-refractivity contribution is 5.89. The van der Waals surface area contributed by atoms with Gasteiger partial charge in [0, 0.05) is 30.5 Å². The van der Waals surface area contributed by atoms with Crippen LogP contribution in [0.1, 0.15) is 31.1 Å². The number of morpholine rings is 1. The van der Waals surface area contributed by atoms with Crippen LogP contribution in [0.15, 0.2) is 30.6 Å². The third-order valence-electron chi connectivity index (χ3n) is 4.39. The number of carbonyl (C=O) groups is 1. The van der Waals surface area contributed by atoms with Crippen molar-refractivity contribution in [1.29, 1.82) is 0 Å². The Morgan fingerprint density at radius 2 is 2.28 bits per heavy atom. The zero-order chi connectivity index (χ0) is 17.8. The highest BCUT2D eigenvalue weighted by Gasteiger charge is 2.26. The largest absolute Gasteiger partial charge is 0.370 e. The molecular weight excluding hydrogens is 323 g/mol. The van der Waals surface area contributed by atoms with Gasteiger partial charge in [-0.05, 0) is 31.0 Å². The van der Waals surface area contributed by atoms with Gasteiger partial charge in [0.1, 0.15) is 11.9 Å². The molecule has 0 unspecified atom stereocenters. The van der Waals surface area contributed by atoms with Crippen LogP contribution < -0.4 is 5.32 Å². The molecule has 134 valence electrons. The van der Waals surface area contributed by atoms with E-state index in [1.165, 1.54) is 6.07 Å². The van der Waals surface area contributed by atoms with Gasteiger partial charge in [0.05, 0.1) is 19.3 Å². The second-order valence-corrected chi connectivity index (χ2v) is 6.02. The molecule has 0 saturated carbocycles. The first-order chi connectivity index (χ1) is 12.1. The molecule has 0 aliphatic carbocycles. The monoisotopic (exact) mass is 346 g/mol. The Kier molecular flexibility index (Phi) is 5.33. The number of hydrogen-bond acceptors (Lipinski definition) is 3. The highest BCUT2D eigenvalue weighted by Crippen LogP contribution is 2.23. The van der Waals surface area contributed by atoms with E-state index in [1.807, 2.05) is 24.7 Å². The van der Waals surface area contributed by atoms with Gasteiger partial charge in [-0.25, -0.2) is 9.18 Å². The van der Waals surface area contributed by atoms with E-state index < -0.39 is 0 Å². The first-order valence-electron chi connectivity index (χ1n) is 8.59. The van der Waals surface area contributed by atoms with Crippen molar-refractivity contribution in [2.75, 3.05) is 25.0 Å². The molecular formula is C18H23FN4O2. The Hall–Kier alpha value is -2.41. The van der Waals surface area contributed by atoms with Crippen LogP contribution in [-0.4, -0.2) is 40.4 Å². The van der Waals surface area contributed by atoms with Crippen LogP contribution in [0.2, 0.25) is 0 Å². The zero-order valence-electron chi connectivity index (χ0n) is 14.5. The number of urea groups is 1. The molecule has 3 rings (SSSR count). The molecule has 0 radical (unpaired) electrons. The fraction of sp³-hybridized carbons (Fsp3) is 0.444. The Morgan fingerprint density at radius 3 is 2.96 bits per heavy atom. The van der Waals surface area contributed by atoms with Gasteiger partial charge in [0.15, 0.2) is 0 Å². The maximum absolute atomic E-state index is 13.9. The van der Waals surface area contributed by atoms with E-state index in [1.54, 1.807) is 23.2 Å². The third kappa shape index (κ3) is 3.99. The van der Waals surface area contributed by atoms with Gasteiger partial charge in [-0.15, -0.1) is 0 Å². The summed E-state index contributed by atoms with van der Waals surface area (Å²) in [5, 5.41) is 7.01. The normalized spacial score (nSPS) is 17.6. The fourth-order valence-corrected chi connectivity index (χ4v) is 2.87. The molecule has 1 fully saturated rings. The molecule has 1 aromatic carbocycles. The third-order valence-corrected chi connectivity index (χ3v) is 4.39. The van der Waals surface area contributed by atoms with Crippen molar-refractivity contribution in [2.24, 2.45) is 0 Å². The van der Waals surface area contributed by atoms with Crippen molar-refractivity contribution in [3.63, 3.8) is 0 Å². The number of nitrogens with one attached hydrogen (secondary N) is 1. The molecule has 1 aliphatic rings. The number of anilines is 1. The number of rotatable bonds is 4. The molecule has 2 aromatic rings. The molecule has 1 aromatic heterocycles. The van der Waals surface area contributed by atoms with Gasteiger partial charge >= 0.3 is 6.03 Å². The van der Waals surface area contributed by atoms with Crippen molar-refractivity contribution in [3.05, 3.63) is 47.5 Å². The van der Waals surface area contributed by atoms with Gasteiger partial charge in [-0.3, -0.25) is 4.68 Å². The van der Waals surface area contributed by atoms with Crippen LogP contribution in [0.25, 0.3) is 0 Å². The molecule has 0 spiro atoms. The second kappa shape index (κ2) is 7.65. The number of carbonyl (C=O) groups excluding carboxylic acids is 1. The van der Waals surface area contributed by atoms with E-state index in [9.17, 15) is 9.18 Å². The van der Waals surface area contributed by atoms with Crippen molar-refractivity contribution >= 4 is 11.7 Å². The summed E-state index contributed by atoms with van der Waals surface area (Å²) in [6.45, 7) is 6.09. The number of benzene rings is 1. The number of amides is 2.